The van der Waals surface area contributed by atoms with Gasteiger partial charge in [0.05, 0.1) is 18.2 Å². The molecule has 0 fully saturated rings. The number of aromatic amines is 1. The molecular formula is C18H15F3N2O2. The molecule has 3 rings (SSSR count). The lowest BCUT2D eigenvalue weighted by Crippen LogP contribution is -2.31. The molecule has 1 unspecified atom stereocenters. The zero-order valence-electron chi connectivity index (χ0n) is 13.0. The molecule has 0 aliphatic carbocycles. The van der Waals surface area contributed by atoms with Gasteiger partial charge in [-0.1, -0.05) is 30.3 Å². The van der Waals surface area contributed by atoms with Crippen LogP contribution in [-0.4, -0.2) is 22.6 Å². The highest BCUT2D eigenvalue weighted by Crippen LogP contribution is 2.30. The monoisotopic (exact) mass is 348 g/mol. The fraction of sp³-hybridized carbons (Fsp3) is 0.167. The zero-order valence-corrected chi connectivity index (χ0v) is 13.0. The summed E-state index contributed by atoms with van der Waals surface area (Å²) in [6, 6.07) is 12.5. The summed E-state index contributed by atoms with van der Waals surface area (Å²) in [7, 11) is 0. The number of hydrogen-bond acceptors (Lipinski definition) is 2. The largest absolute Gasteiger partial charge is 0.416 e. The van der Waals surface area contributed by atoms with E-state index in [0.717, 1.165) is 23.0 Å². The number of benzene rings is 2. The van der Waals surface area contributed by atoms with Crippen molar-refractivity contribution >= 4 is 16.8 Å². The Labute approximate surface area is 141 Å². The molecule has 1 amide bonds. The van der Waals surface area contributed by atoms with Gasteiger partial charge in [-0.15, -0.1) is 0 Å². The Morgan fingerprint density at radius 3 is 2.56 bits per heavy atom. The highest BCUT2D eigenvalue weighted by molar-refractivity contribution is 5.98. The molecular weight excluding hydrogens is 333 g/mol. The lowest BCUT2D eigenvalue weighted by atomic mass is 10.0. The molecule has 7 heteroatoms. The molecule has 0 aliphatic rings. The molecule has 3 N–H and O–H groups in total. The Bertz CT molecular complexity index is 869. The predicted octanol–water partition coefficient (Wildman–Crippen LogP) is 3.65. The summed E-state index contributed by atoms with van der Waals surface area (Å²) in [4.78, 5) is 15.3. The smallest absolute Gasteiger partial charge is 0.394 e. The van der Waals surface area contributed by atoms with Gasteiger partial charge in [0.2, 0.25) is 0 Å². The molecule has 0 radical (unpaired) electrons. The third-order valence-corrected chi connectivity index (χ3v) is 3.88. The lowest BCUT2D eigenvalue weighted by molar-refractivity contribution is -0.137. The third kappa shape index (κ3) is 3.66. The number of carbonyl (C=O) groups is 1. The van der Waals surface area contributed by atoms with Crippen LogP contribution in [0, 0.1) is 0 Å². The highest BCUT2D eigenvalue weighted by atomic mass is 19.4. The summed E-state index contributed by atoms with van der Waals surface area (Å²) in [5.74, 6) is -0.507. The van der Waals surface area contributed by atoms with Crippen LogP contribution < -0.4 is 5.32 Å². The number of aliphatic hydroxyl groups excluding tert-OH is 1. The first kappa shape index (κ1) is 17.0. The van der Waals surface area contributed by atoms with Gasteiger partial charge in [-0.25, -0.2) is 0 Å². The number of amides is 1. The normalized spacial score (nSPS) is 13.0. The van der Waals surface area contributed by atoms with E-state index in [0.29, 0.717) is 0 Å². The molecule has 4 nitrogen and oxygen atoms in total. The average Bonchev–Trinajstić information content (AvgIpc) is 3.03. The summed E-state index contributed by atoms with van der Waals surface area (Å²) in [5, 5.41) is 12.9. The third-order valence-electron chi connectivity index (χ3n) is 3.88. The maximum absolute atomic E-state index is 12.8. The van der Waals surface area contributed by atoms with E-state index in [1.165, 1.54) is 12.1 Å². The van der Waals surface area contributed by atoms with Gasteiger partial charge in [-0.3, -0.25) is 4.79 Å². The average molecular weight is 348 g/mol. The molecule has 1 heterocycles. The van der Waals surface area contributed by atoms with E-state index >= 15 is 0 Å². The summed E-state index contributed by atoms with van der Waals surface area (Å²) in [6.07, 6.45) is -4.49. The van der Waals surface area contributed by atoms with Gasteiger partial charge in [-0.05, 0) is 29.8 Å². The summed E-state index contributed by atoms with van der Waals surface area (Å²) < 4.78 is 38.5. The summed E-state index contributed by atoms with van der Waals surface area (Å²) >= 11 is 0. The number of H-pyrrole nitrogens is 1. The van der Waals surface area contributed by atoms with Crippen molar-refractivity contribution in [3.8, 4) is 0 Å². The summed E-state index contributed by atoms with van der Waals surface area (Å²) in [6.45, 7) is -0.521. The number of alkyl halides is 3. The first-order valence-electron chi connectivity index (χ1n) is 7.55. The number of aliphatic hydroxyl groups is 1. The second-order valence-corrected chi connectivity index (χ2v) is 5.60. The molecule has 0 aliphatic heterocycles. The van der Waals surface area contributed by atoms with E-state index in [9.17, 15) is 23.1 Å². The van der Waals surface area contributed by atoms with Crippen LogP contribution in [0.5, 0.6) is 0 Å². The number of fused-ring (bicyclic) bond motifs is 1. The van der Waals surface area contributed by atoms with Gasteiger partial charge in [0.15, 0.2) is 0 Å². The van der Waals surface area contributed by atoms with Gasteiger partial charge in [0.25, 0.3) is 5.91 Å². The molecule has 0 bridgehead atoms. The Kier molecular flexibility index (Phi) is 4.50. The Balaban J connectivity index is 1.83. The topological polar surface area (TPSA) is 65.1 Å². The van der Waals surface area contributed by atoms with E-state index in [1.807, 2.05) is 24.3 Å². The van der Waals surface area contributed by atoms with Gasteiger partial charge in [0, 0.05) is 10.9 Å². The predicted molar refractivity (Wildman–Crippen MR) is 87.0 cm³/mol. The second-order valence-electron chi connectivity index (χ2n) is 5.60. The molecule has 3 aromatic rings. The molecule has 130 valence electrons. The van der Waals surface area contributed by atoms with Crippen molar-refractivity contribution in [2.75, 3.05) is 6.61 Å². The van der Waals surface area contributed by atoms with E-state index in [-0.39, 0.29) is 11.3 Å². The fourth-order valence-electron chi connectivity index (χ4n) is 2.60. The second kappa shape index (κ2) is 6.60. The number of carbonyl (C=O) groups excluding carboxylic acids is 1. The van der Waals surface area contributed by atoms with E-state index in [4.69, 9.17) is 0 Å². The molecule has 0 spiro atoms. The van der Waals surface area contributed by atoms with Crippen molar-refractivity contribution < 1.29 is 23.1 Å². The van der Waals surface area contributed by atoms with Crippen LogP contribution in [0.25, 0.3) is 10.9 Å². The number of para-hydroxylation sites is 1. The zero-order chi connectivity index (χ0) is 18.0. The lowest BCUT2D eigenvalue weighted by Gasteiger charge is -2.18. The highest BCUT2D eigenvalue weighted by Gasteiger charge is 2.31. The number of nitrogens with one attached hydrogen (secondary N) is 2. The number of halogens is 3. The van der Waals surface area contributed by atoms with Crippen molar-refractivity contribution in [1.82, 2.24) is 10.3 Å². The van der Waals surface area contributed by atoms with Gasteiger partial charge in [0.1, 0.15) is 5.69 Å². The number of aromatic nitrogens is 1. The number of hydrogen-bond donors (Lipinski definition) is 3. The molecule has 2 aromatic carbocycles. The Hall–Kier alpha value is -2.80. The van der Waals surface area contributed by atoms with Crippen LogP contribution in [0.2, 0.25) is 0 Å². The van der Waals surface area contributed by atoms with Crippen LogP contribution in [0.4, 0.5) is 13.2 Å². The molecule has 25 heavy (non-hydrogen) atoms. The Morgan fingerprint density at radius 1 is 1.12 bits per heavy atom. The van der Waals surface area contributed by atoms with Crippen molar-refractivity contribution in [1.29, 1.82) is 0 Å². The Morgan fingerprint density at radius 2 is 1.88 bits per heavy atom. The summed E-state index contributed by atoms with van der Waals surface area (Å²) in [5.41, 5.74) is 0.393. The van der Waals surface area contributed by atoms with Crippen LogP contribution in [-0.2, 0) is 6.18 Å². The SMILES string of the molecule is O=C(NC(CO)c1cccc(C(F)(F)F)c1)c1cc2ccccc2[nH]1. The van der Waals surface area contributed by atoms with Crippen molar-refractivity contribution in [3.63, 3.8) is 0 Å². The minimum Gasteiger partial charge on any atom is -0.394 e. The molecule has 1 aromatic heterocycles. The fourth-order valence-corrected chi connectivity index (χ4v) is 2.60. The van der Waals surface area contributed by atoms with Crippen LogP contribution in [0.3, 0.4) is 0 Å². The quantitative estimate of drug-likeness (QED) is 0.674. The van der Waals surface area contributed by atoms with E-state index < -0.39 is 30.3 Å². The molecule has 0 saturated heterocycles. The minimum absolute atomic E-state index is 0.182. The van der Waals surface area contributed by atoms with E-state index in [1.54, 1.807) is 6.07 Å². The van der Waals surface area contributed by atoms with Gasteiger partial charge in [-0.2, -0.15) is 13.2 Å². The van der Waals surface area contributed by atoms with E-state index in [2.05, 4.69) is 10.3 Å². The number of rotatable bonds is 4. The van der Waals surface area contributed by atoms with Crippen LogP contribution in [0.1, 0.15) is 27.7 Å². The van der Waals surface area contributed by atoms with Crippen molar-refractivity contribution in [2.24, 2.45) is 0 Å². The van der Waals surface area contributed by atoms with Gasteiger partial charge >= 0.3 is 6.18 Å². The maximum atomic E-state index is 12.8. The standard InChI is InChI=1S/C18H15F3N2O2/c19-18(20,21)13-6-3-5-11(8-13)16(10-24)23-17(25)15-9-12-4-1-2-7-14(12)22-15/h1-9,16,22,24H,10H2,(H,23,25). The van der Waals surface area contributed by atoms with Crippen molar-refractivity contribution in [3.05, 3.63) is 71.4 Å². The van der Waals surface area contributed by atoms with Crippen LogP contribution >= 0.6 is 0 Å². The molecule has 1 atom stereocenters. The first-order chi connectivity index (χ1) is 11.9. The minimum atomic E-state index is -4.49. The maximum Gasteiger partial charge on any atom is 0.416 e. The van der Waals surface area contributed by atoms with Crippen molar-refractivity contribution in [2.45, 2.75) is 12.2 Å². The first-order valence-corrected chi connectivity index (χ1v) is 7.55. The molecule has 0 saturated carbocycles. The van der Waals surface area contributed by atoms with Crippen LogP contribution in [0.15, 0.2) is 54.6 Å². The van der Waals surface area contributed by atoms with Gasteiger partial charge < -0.3 is 15.4 Å².